The molecule has 0 aromatic heterocycles. The molecule has 1 saturated heterocycles. The van der Waals surface area contributed by atoms with E-state index in [2.05, 4.69) is 5.32 Å². The molecule has 0 saturated carbocycles. The number of hydrogen-bond acceptors (Lipinski definition) is 3. The van der Waals surface area contributed by atoms with Gasteiger partial charge in [-0.25, -0.2) is 0 Å². The Morgan fingerprint density at radius 2 is 2.13 bits per heavy atom. The molecule has 0 aliphatic carbocycles. The van der Waals surface area contributed by atoms with Gasteiger partial charge in [0.2, 0.25) is 5.91 Å². The van der Waals surface area contributed by atoms with Gasteiger partial charge in [0.25, 0.3) is 0 Å². The van der Waals surface area contributed by atoms with Crippen LogP contribution in [0.5, 0.6) is 0 Å². The summed E-state index contributed by atoms with van der Waals surface area (Å²) in [5.41, 5.74) is -0.916. The molecule has 5 nitrogen and oxygen atoms in total. The third-order valence-electron chi connectivity index (χ3n) is 3.60. The molecule has 0 spiro atoms. The van der Waals surface area contributed by atoms with Crippen molar-refractivity contribution in [3.8, 4) is 0 Å². The number of amides is 1. The Kier molecular flexibility index (Phi) is 5.25. The normalized spacial score (nSPS) is 19.3. The van der Waals surface area contributed by atoms with Crippen molar-refractivity contribution in [3.05, 3.63) is 29.8 Å². The minimum atomic E-state index is -4.52. The number of rotatable bonds is 5. The number of carboxylic acid groups (broad SMARTS) is 1. The van der Waals surface area contributed by atoms with Gasteiger partial charge in [0, 0.05) is 12.3 Å². The number of alkyl halides is 3. The van der Waals surface area contributed by atoms with Crippen molar-refractivity contribution in [2.24, 2.45) is 5.92 Å². The van der Waals surface area contributed by atoms with Gasteiger partial charge in [0.1, 0.15) is 0 Å². The van der Waals surface area contributed by atoms with E-state index in [9.17, 15) is 22.8 Å². The molecule has 1 amide bonds. The van der Waals surface area contributed by atoms with Gasteiger partial charge in [-0.05, 0) is 31.0 Å². The van der Waals surface area contributed by atoms with Gasteiger partial charge in [0.15, 0.2) is 0 Å². The molecular weight excluding hydrogens is 315 g/mol. The van der Waals surface area contributed by atoms with Crippen molar-refractivity contribution >= 4 is 17.6 Å². The van der Waals surface area contributed by atoms with Crippen LogP contribution in [0.1, 0.15) is 24.8 Å². The number of anilines is 1. The maximum absolute atomic E-state index is 12.7. The van der Waals surface area contributed by atoms with E-state index in [-0.39, 0.29) is 5.69 Å². The van der Waals surface area contributed by atoms with Crippen LogP contribution in [0.3, 0.4) is 0 Å². The number of carbonyl (C=O) groups excluding carboxylic acids is 1. The summed E-state index contributed by atoms with van der Waals surface area (Å²) >= 11 is 0. The van der Waals surface area contributed by atoms with E-state index in [1.54, 1.807) is 0 Å². The molecule has 1 heterocycles. The smallest absolute Gasteiger partial charge is 0.416 e. The van der Waals surface area contributed by atoms with Crippen LogP contribution in [0, 0.1) is 5.92 Å². The van der Waals surface area contributed by atoms with Crippen LogP contribution in [0.25, 0.3) is 0 Å². The van der Waals surface area contributed by atoms with Crippen LogP contribution in [0.15, 0.2) is 24.3 Å². The van der Waals surface area contributed by atoms with Crippen LogP contribution in [0.2, 0.25) is 0 Å². The SMILES string of the molecule is O=C(O)C[C@H](C(=O)Nc1cccc(C(F)(F)F)c1)[C@@H]1CCCO1. The molecule has 1 aliphatic heterocycles. The summed E-state index contributed by atoms with van der Waals surface area (Å²) in [5, 5.41) is 11.3. The molecule has 23 heavy (non-hydrogen) atoms. The number of aliphatic carboxylic acids is 1. The molecule has 8 heteroatoms. The summed E-state index contributed by atoms with van der Waals surface area (Å²) in [5.74, 6) is -2.76. The molecule has 2 rings (SSSR count). The van der Waals surface area contributed by atoms with Crippen molar-refractivity contribution in [2.45, 2.75) is 31.5 Å². The quantitative estimate of drug-likeness (QED) is 0.870. The molecule has 2 N–H and O–H groups in total. The molecule has 1 aromatic rings. The number of halogens is 3. The lowest BCUT2D eigenvalue weighted by Gasteiger charge is -2.21. The highest BCUT2D eigenvalue weighted by Gasteiger charge is 2.34. The van der Waals surface area contributed by atoms with Crippen molar-refractivity contribution in [1.82, 2.24) is 0 Å². The van der Waals surface area contributed by atoms with Crippen LogP contribution in [-0.2, 0) is 20.5 Å². The topological polar surface area (TPSA) is 75.6 Å². The fourth-order valence-corrected chi connectivity index (χ4v) is 2.51. The minimum absolute atomic E-state index is 0.0294. The molecule has 0 bridgehead atoms. The van der Waals surface area contributed by atoms with E-state index in [0.717, 1.165) is 18.6 Å². The Balaban J connectivity index is 2.13. The van der Waals surface area contributed by atoms with Crippen molar-refractivity contribution < 1.29 is 32.6 Å². The molecule has 2 atom stereocenters. The van der Waals surface area contributed by atoms with Crippen LogP contribution < -0.4 is 5.32 Å². The van der Waals surface area contributed by atoms with Crippen molar-refractivity contribution in [3.63, 3.8) is 0 Å². The van der Waals surface area contributed by atoms with E-state index in [4.69, 9.17) is 9.84 Å². The second-order valence-electron chi connectivity index (χ2n) is 5.32. The van der Waals surface area contributed by atoms with Crippen LogP contribution in [-0.4, -0.2) is 29.7 Å². The standard InChI is InChI=1S/C15H16F3NO4/c16-15(17,18)9-3-1-4-10(7-9)19-14(22)11(8-13(20)21)12-5-2-6-23-12/h1,3-4,7,11-12H,2,5-6,8H2,(H,19,22)(H,20,21)/t11-,12-/m0/s1. The number of nitrogens with one attached hydrogen (secondary N) is 1. The summed E-state index contributed by atoms with van der Waals surface area (Å²) in [6, 6.07) is 4.20. The van der Waals surface area contributed by atoms with Gasteiger partial charge in [0.05, 0.1) is 24.0 Å². The van der Waals surface area contributed by atoms with Gasteiger partial charge in [-0.3, -0.25) is 9.59 Å². The monoisotopic (exact) mass is 331 g/mol. The van der Waals surface area contributed by atoms with E-state index in [0.29, 0.717) is 13.0 Å². The number of carbonyl (C=O) groups is 2. The molecule has 1 aromatic carbocycles. The zero-order valence-electron chi connectivity index (χ0n) is 12.1. The predicted molar refractivity (Wildman–Crippen MR) is 74.8 cm³/mol. The Morgan fingerprint density at radius 3 is 2.70 bits per heavy atom. The zero-order chi connectivity index (χ0) is 17.0. The lowest BCUT2D eigenvalue weighted by atomic mass is 9.95. The second kappa shape index (κ2) is 6.99. The van der Waals surface area contributed by atoms with Gasteiger partial charge >= 0.3 is 12.1 Å². The first-order valence-corrected chi connectivity index (χ1v) is 7.09. The lowest BCUT2D eigenvalue weighted by molar-refractivity contribution is -0.142. The largest absolute Gasteiger partial charge is 0.481 e. The van der Waals surface area contributed by atoms with E-state index < -0.39 is 42.1 Å². The number of hydrogen-bond donors (Lipinski definition) is 2. The van der Waals surface area contributed by atoms with Gasteiger partial charge < -0.3 is 15.2 Å². The first-order valence-electron chi connectivity index (χ1n) is 7.09. The fourth-order valence-electron chi connectivity index (χ4n) is 2.51. The van der Waals surface area contributed by atoms with E-state index in [1.807, 2.05) is 0 Å². The molecule has 1 fully saturated rings. The summed E-state index contributed by atoms with van der Waals surface area (Å²) in [7, 11) is 0. The molecule has 0 radical (unpaired) electrons. The summed E-state index contributed by atoms with van der Waals surface area (Å²) in [6.07, 6.45) is -4.21. The Morgan fingerprint density at radius 1 is 1.39 bits per heavy atom. The van der Waals surface area contributed by atoms with Crippen molar-refractivity contribution in [1.29, 1.82) is 0 Å². The molecule has 1 aliphatic rings. The van der Waals surface area contributed by atoms with Crippen molar-refractivity contribution in [2.75, 3.05) is 11.9 Å². The van der Waals surface area contributed by atoms with Crippen LogP contribution in [0.4, 0.5) is 18.9 Å². The third-order valence-corrected chi connectivity index (χ3v) is 3.60. The molecular formula is C15H16F3NO4. The first-order chi connectivity index (χ1) is 10.8. The van der Waals surface area contributed by atoms with E-state index >= 15 is 0 Å². The number of carboxylic acids is 1. The van der Waals surface area contributed by atoms with Gasteiger partial charge in [-0.1, -0.05) is 6.07 Å². The maximum atomic E-state index is 12.7. The van der Waals surface area contributed by atoms with Gasteiger partial charge in [-0.15, -0.1) is 0 Å². The fraction of sp³-hybridized carbons (Fsp3) is 0.467. The molecule has 126 valence electrons. The summed E-state index contributed by atoms with van der Waals surface area (Å²) < 4.78 is 43.4. The van der Waals surface area contributed by atoms with Crippen LogP contribution >= 0.6 is 0 Å². The average molecular weight is 331 g/mol. The number of benzene rings is 1. The summed E-state index contributed by atoms with van der Waals surface area (Å²) in [6.45, 7) is 0.442. The minimum Gasteiger partial charge on any atom is -0.481 e. The first kappa shape index (κ1) is 17.3. The highest BCUT2D eigenvalue weighted by molar-refractivity contribution is 5.94. The Bertz CT molecular complexity index is 582. The van der Waals surface area contributed by atoms with E-state index in [1.165, 1.54) is 12.1 Å². The third kappa shape index (κ3) is 4.69. The Hall–Kier alpha value is -2.09. The average Bonchev–Trinajstić information content (AvgIpc) is 2.97. The number of ether oxygens (including phenoxy) is 1. The summed E-state index contributed by atoms with van der Waals surface area (Å²) in [4.78, 5) is 23.2. The zero-order valence-corrected chi connectivity index (χ0v) is 12.1. The Labute approximate surface area is 130 Å². The predicted octanol–water partition coefficient (Wildman–Crippen LogP) is 2.91. The van der Waals surface area contributed by atoms with Gasteiger partial charge in [-0.2, -0.15) is 13.2 Å². The second-order valence-corrected chi connectivity index (χ2v) is 5.32. The lowest BCUT2D eigenvalue weighted by Crippen LogP contribution is -2.34. The maximum Gasteiger partial charge on any atom is 0.416 e. The highest BCUT2D eigenvalue weighted by Crippen LogP contribution is 2.31. The molecule has 0 unspecified atom stereocenters. The highest BCUT2D eigenvalue weighted by atomic mass is 19.4.